The maximum absolute atomic E-state index is 6.01. The van der Waals surface area contributed by atoms with Gasteiger partial charge in [-0.1, -0.05) is 22.9 Å². The van der Waals surface area contributed by atoms with Gasteiger partial charge >= 0.3 is 0 Å². The van der Waals surface area contributed by atoms with Crippen molar-refractivity contribution in [3.05, 3.63) is 28.2 Å². The molecule has 1 saturated carbocycles. The minimum atomic E-state index is 0.303. The second-order valence-electron chi connectivity index (χ2n) is 5.69. The molecule has 1 heterocycles. The van der Waals surface area contributed by atoms with Crippen molar-refractivity contribution in [3.63, 3.8) is 0 Å². The molecule has 0 amide bonds. The van der Waals surface area contributed by atoms with Gasteiger partial charge in [0.05, 0.1) is 0 Å². The van der Waals surface area contributed by atoms with Crippen molar-refractivity contribution in [2.45, 2.75) is 50.0 Å². The number of thioether (sulfide) groups is 1. The van der Waals surface area contributed by atoms with Crippen LogP contribution in [-0.2, 0) is 6.42 Å². The highest BCUT2D eigenvalue weighted by molar-refractivity contribution is 9.10. The number of hydrogen-bond acceptors (Lipinski definition) is 3. The van der Waals surface area contributed by atoms with Gasteiger partial charge in [-0.25, -0.2) is 0 Å². The normalized spacial score (nSPS) is 28.4. The van der Waals surface area contributed by atoms with Gasteiger partial charge in [0.2, 0.25) is 0 Å². The first kappa shape index (κ1) is 14.7. The number of nitrogens with one attached hydrogen (secondary N) is 1. The molecule has 3 unspecified atom stereocenters. The summed E-state index contributed by atoms with van der Waals surface area (Å²) in [5, 5.41) is 4.58. The van der Waals surface area contributed by atoms with E-state index in [0.717, 1.165) is 28.4 Å². The van der Waals surface area contributed by atoms with Crippen molar-refractivity contribution in [2.24, 2.45) is 0 Å². The Morgan fingerprint density at radius 2 is 2.30 bits per heavy atom. The number of benzene rings is 1. The lowest BCUT2D eigenvalue weighted by Gasteiger charge is -2.16. The Bertz CT molecular complexity index is 468. The van der Waals surface area contributed by atoms with E-state index in [1.807, 2.05) is 0 Å². The van der Waals surface area contributed by atoms with Gasteiger partial charge in [-0.15, -0.1) is 0 Å². The molecular formula is C16H22BrNOS. The first-order valence-electron chi connectivity index (χ1n) is 7.54. The number of fused-ring (bicyclic) bond motifs is 1. The zero-order chi connectivity index (χ0) is 13.9. The Kier molecular flexibility index (Phi) is 4.95. The Hall–Kier alpha value is -0.190. The Morgan fingerprint density at radius 3 is 3.15 bits per heavy atom. The Morgan fingerprint density at radius 1 is 1.40 bits per heavy atom. The monoisotopic (exact) mass is 355 g/mol. The Labute approximate surface area is 134 Å². The molecular weight excluding hydrogens is 334 g/mol. The summed E-state index contributed by atoms with van der Waals surface area (Å²) in [6.07, 6.45) is 5.35. The number of halogens is 1. The molecule has 3 atom stereocenters. The summed E-state index contributed by atoms with van der Waals surface area (Å²) < 4.78 is 7.15. The fourth-order valence-corrected chi connectivity index (χ4v) is 4.76. The van der Waals surface area contributed by atoms with Crippen molar-refractivity contribution in [2.75, 3.05) is 12.3 Å². The standard InChI is InChI=1S/C16H22BrNOS/c1-2-20-15-5-4-13(9-15)18-10-14-8-11-7-12(17)3-6-16(11)19-14/h3,6-7,13-15,18H,2,4-5,8-10H2,1H3. The third-order valence-corrected chi connectivity index (χ3v) is 5.91. The van der Waals surface area contributed by atoms with Crippen LogP contribution in [-0.4, -0.2) is 29.7 Å². The van der Waals surface area contributed by atoms with Crippen molar-refractivity contribution >= 4 is 27.7 Å². The third-order valence-electron chi connectivity index (χ3n) is 4.18. The predicted molar refractivity (Wildman–Crippen MR) is 89.8 cm³/mol. The van der Waals surface area contributed by atoms with E-state index in [1.165, 1.54) is 30.6 Å². The fraction of sp³-hybridized carbons (Fsp3) is 0.625. The fourth-order valence-electron chi connectivity index (χ4n) is 3.21. The molecule has 4 heteroatoms. The van der Waals surface area contributed by atoms with E-state index in [9.17, 15) is 0 Å². The lowest BCUT2D eigenvalue weighted by atomic mass is 10.1. The molecule has 1 aromatic rings. The van der Waals surface area contributed by atoms with Crippen LogP contribution in [0.2, 0.25) is 0 Å². The molecule has 1 aromatic carbocycles. The van der Waals surface area contributed by atoms with Crippen LogP contribution in [0.3, 0.4) is 0 Å². The molecule has 0 spiro atoms. The van der Waals surface area contributed by atoms with E-state index in [1.54, 1.807) is 0 Å². The van der Waals surface area contributed by atoms with E-state index in [4.69, 9.17) is 4.74 Å². The second kappa shape index (κ2) is 6.71. The van der Waals surface area contributed by atoms with Crippen LogP contribution in [0.15, 0.2) is 22.7 Å². The molecule has 0 saturated heterocycles. The maximum atomic E-state index is 6.01. The van der Waals surface area contributed by atoms with Gasteiger partial charge in [-0.2, -0.15) is 11.8 Å². The topological polar surface area (TPSA) is 21.3 Å². The summed E-state index contributed by atoms with van der Waals surface area (Å²) in [6, 6.07) is 7.00. The van der Waals surface area contributed by atoms with Crippen LogP contribution in [0, 0.1) is 0 Å². The minimum absolute atomic E-state index is 0.303. The Balaban J connectivity index is 1.45. The first-order valence-corrected chi connectivity index (χ1v) is 9.39. The van der Waals surface area contributed by atoms with Crippen LogP contribution < -0.4 is 10.1 Å². The van der Waals surface area contributed by atoms with E-state index >= 15 is 0 Å². The molecule has 2 aliphatic rings. The summed E-state index contributed by atoms with van der Waals surface area (Å²) in [4.78, 5) is 0. The van der Waals surface area contributed by atoms with E-state index in [0.29, 0.717) is 12.1 Å². The van der Waals surface area contributed by atoms with Crippen LogP contribution >= 0.6 is 27.7 Å². The molecule has 3 rings (SSSR count). The summed E-state index contributed by atoms with van der Waals surface area (Å²) in [6.45, 7) is 3.23. The quantitative estimate of drug-likeness (QED) is 0.861. The number of ether oxygens (including phenoxy) is 1. The van der Waals surface area contributed by atoms with Crippen LogP contribution in [0.4, 0.5) is 0 Å². The van der Waals surface area contributed by atoms with Gasteiger partial charge in [0.1, 0.15) is 11.9 Å². The maximum Gasteiger partial charge on any atom is 0.123 e. The van der Waals surface area contributed by atoms with Gasteiger partial charge in [0.25, 0.3) is 0 Å². The number of hydrogen-bond donors (Lipinski definition) is 1. The van der Waals surface area contributed by atoms with Crippen LogP contribution in [0.1, 0.15) is 31.7 Å². The third kappa shape index (κ3) is 3.52. The van der Waals surface area contributed by atoms with Gasteiger partial charge < -0.3 is 10.1 Å². The summed E-state index contributed by atoms with van der Waals surface area (Å²) >= 11 is 5.64. The molecule has 1 aliphatic carbocycles. The molecule has 1 fully saturated rings. The van der Waals surface area contributed by atoms with Gasteiger partial charge in [-0.05, 0) is 48.8 Å². The molecule has 0 aromatic heterocycles. The van der Waals surface area contributed by atoms with Crippen molar-refractivity contribution < 1.29 is 4.74 Å². The molecule has 20 heavy (non-hydrogen) atoms. The lowest BCUT2D eigenvalue weighted by Crippen LogP contribution is -2.36. The first-order chi connectivity index (χ1) is 9.74. The van der Waals surface area contributed by atoms with Crippen molar-refractivity contribution in [1.29, 1.82) is 0 Å². The highest BCUT2D eigenvalue weighted by Gasteiger charge is 2.27. The zero-order valence-electron chi connectivity index (χ0n) is 11.9. The van der Waals surface area contributed by atoms with Gasteiger partial charge in [-0.3, -0.25) is 0 Å². The predicted octanol–water partition coefficient (Wildman–Crippen LogP) is 4.02. The smallest absolute Gasteiger partial charge is 0.123 e. The second-order valence-corrected chi connectivity index (χ2v) is 8.18. The van der Waals surface area contributed by atoms with Crippen LogP contribution in [0.25, 0.3) is 0 Å². The summed E-state index contributed by atoms with van der Waals surface area (Å²) in [5.74, 6) is 2.30. The van der Waals surface area contributed by atoms with E-state index in [-0.39, 0.29) is 0 Å². The highest BCUT2D eigenvalue weighted by atomic mass is 79.9. The van der Waals surface area contributed by atoms with Crippen molar-refractivity contribution in [3.8, 4) is 5.75 Å². The van der Waals surface area contributed by atoms with E-state index < -0.39 is 0 Å². The molecule has 2 nitrogen and oxygen atoms in total. The van der Waals surface area contributed by atoms with Crippen LogP contribution in [0.5, 0.6) is 5.75 Å². The van der Waals surface area contributed by atoms with E-state index in [2.05, 4.69) is 58.1 Å². The SMILES string of the molecule is CCSC1CCC(NCC2Cc3cc(Br)ccc3O2)C1. The molecule has 1 N–H and O–H groups in total. The average Bonchev–Trinajstić information content (AvgIpc) is 3.02. The molecule has 1 aliphatic heterocycles. The highest BCUT2D eigenvalue weighted by Crippen LogP contribution is 2.32. The molecule has 0 radical (unpaired) electrons. The largest absolute Gasteiger partial charge is 0.488 e. The zero-order valence-corrected chi connectivity index (χ0v) is 14.3. The minimum Gasteiger partial charge on any atom is -0.488 e. The molecule has 0 bridgehead atoms. The summed E-state index contributed by atoms with van der Waals surface area (Å²) in [7, 11) is 0. The van der Waals surface area contributed by atoms with Gasteiger partial charge in [0, 0.05) is 28.7 Å². The number of rotatable bonds is 5. The lowest BCUT2D eigenvalue weighted by molar-refractivity contribution is 0.221. The average molecular weight is 356 g/mol. The summed E-state index contributed by atoms with van der Waals surface area (Å²) in [5.41, 5.74) is 1.33. The van der Waals surface area contributed by atoms with Crippen molar-refractivity contribution in [1.82, 2.24) is 5.32 Å². The van der Waals surface area contributed by atoms with Gasteiger partial charge in [0.15, 0.2) is 0 Å². The molecule has 110 valence electrons.